The Kier molecular flexibility index (Phi) is 3.22. The van der Waals surface area contributed by atoms with E-state index in [1.54, 1.807) is 11.3 Å². The molecule has 1 atom stereocenters. The molecule has 1 aromatic heterocycles. The van der Waals surface area contributed by atoms with Crippen molar-refractivity contribution in [1.29, 1.82) is 0 Å². The minimum atomic E-state index is 0.332. The van der Waals surface area contributed by atoms with Gasteiger partial charge in [-0.3, -0.25) is 0 Å². The van der Waals surface area contributed by atoms with Crippen molar-refractivity contribution < 1.29 is 0 Å². The van der Waals surface area contributed by atoms with Gasteiger partial charge in [0.1, 0.15) is 0 Å². The molecule has 4 heteroatoms. The van der Waals surface area contributed by atoms with Crippen LogP contribution in [0.1, 0.15) is 50.2 Å². The third kappa shape index (κ3) is 2.38. The summed E-state index contributed by atoms with van der Waals surface area (Å²) in [6, 6.07) is 0.452. The normalized spacial score (nSPS) is 23.1. The van der Waals surface area contributed by atoms with Crippen LogP contribution in [0.15, 0.2) is 0 Å². The molecule has 90 valence electrons. The Hall–Kier alpha value is -0.610. The van der Waals surface area contributed by atoms with E-state index in [1.807, 2.05) is 0 Å². The Morgan fingerprint density at radius 2 is 2.31 bits per heavy atom. The van der Waals surface area contributed by atoms with E-state index in [1.165, 1.54) is 23.4 Å². The number of anilines is 1. The fourth-order valence-electron chi connectivity index (χ4n) is 2.44. The van der Waals surface area contributed by atoms with Gasteiger partial charge in [-0.1, -0.05) is 20.8 Å². The Morgan fingerprint density at radius 1 is 1.56 bits per heavy atom. The maximum Gasteiger partial charge on any atom is 0.180 e. The summed E-state index contributed by atoms with van der Waals surface area (Å²) in [5.74, 6) is 0. The van der Waals surface area contributed by atoms with E-state index in [0.29, 0.717) is 16.6 Å². The van der Waals surface area contributed by atoms with Gasteiger partial charge in [0.15, 0.2) is 5.13 Å². The molecule has 1 aromatic rings. The van der Waals surface area contributed by atoms with Crippen LogP contribution in [0.3, 0.4) is 0 Å². The Morgan fingerprint density at radius 3 is 3.00 bits per heavy atom. The van der Waals surface area contributed by atoms with Gasteiger partial charge in [0, 0.05) is 10.9 Å². The van der Waals surface area contributed by atoms with E-state index in [9.17, 15) is 0 Å². The molecule has 0 amide bonds. The largest absolute Gasteiger partial charge is 0.375 e. The minimum absolute atomic E-state index is 0.332. The molecule has 3 nitrogen and oxygen atoms in total. The average molecular weight is 239 g/mol. The summed E-state index contributed by atoms with van der Waals surface area (Å²) in [6.07, 6.45) is 3.41. The Balaban J connectivity index is 2.24. The second-order valence-electron chi connectivity index (χ2n) is 5.41. The lowest BCUT2D eigenvalue weighted by Gasteiger charge is -2.34. The molecule has 16 heavy (non-hydrogen) atoms. The number of thiazole rings is 1. The van der Waals surface area contributed by atoms with Gasteiger partial charge in [-0.25, -0.2) is 4.98 Å². The number of aromatic nitrogens is 1. The number of nitrogen functional groups attached to an aromatic ring is 1. The summed E-state index contributed by atoms with van der Waals surface area (Å²) >= 11 is 1.65. The first-order chi connectivity index (χ1) is 7.52. The van der Waals surface area contributed by atoms with E-state index < -0.39 is 0 Å². The van der Waals surface area contributed by atoms with Crippen LogP contribution in [-0.2, 0) is 6.42 Å². The van der Waals surface area contributed by atoms with E-state index in [0.717, 1.165) is 13.0 Å². The van der Waals surface area contributed by atoms with Crippen molar-refractivity contribution in [3.63, 3.8) is 0 Å². The average Bonchev–Trinajstić information content (AvgIpc) is 2.53. The van der Waals surface area contributed by atoms with E-state index in [4.69, 9.17) is 5.73 Å². The van der Waals surface area contributed by atoms with Crippen LogP contribution in [0.5, 0.6) is 0 Å². The Labute approximate surface area is 101 Å². The number of nitrogens with one attached hydrogen (secondary N) is 1. The van der Waals surface area contributed by atoms with Crippen LogP contribution >= 0.6 is 11.3 Å². The van der Waals surface area contributed by atoms with Crippen molar-refractivity contribution in [3.05, 3.63) is 10.6 Å². The second kappa shape index (κ2) is 4.34. The van der Waals surface area contributed by atoms with Crippen LogP contribution in [0, 0.1) is 5.41 Å². The molecule has 0 spiro atoms. The molecule has 1 aliphatic carbocycles. The molecule has 3 N–H and O–H groups in total. The first-order valence-electron chi connectivity index (χ1n) is 6.00. The summed E-state index contributed by atoms with van der Waals surface area (Å²) < 4.78 is 0. The van der Waals surface area contributed by atoms with Gasteiger partial charge in [-0.2, -0.15) is 0 Å². The summed E-state index contributed by atoms with van der Waals surface area (Å²) in [4.78, 5) is 5.83. The predicted octanol–water partition coefficient (Wildman–Crippen LogP) is 2.74. The summed E-state index contributed by atoms with van der Waals surface area (Å²) in [5, 5.41) is 4.33. The van der Waals surface area contributed by atoms with E-state index >= 15 is 0 Å². The zero-order valence-electron chi connectivity index (χ0n) is 10.3. The highest BCUT2D eigenvalue weighted by Gasteiger charge is 2.34. The summed E-state index contributed by atoms with van der Waals surface area (Å²) in [6.45, 7) is 7.89. The van der Waals surface area contributed by atoms with Gasteiger partial charge in [0.05, 0.1) is 5.69 Å². The summed E-state index contributed by atoms with van der Waals surface area (Å²) in [5.41, 5.74) is 7.36. The third-order valence-electron chi connectivity index (χ3n) is 3.10. The SMILES string of the molecule is CCCNC1CC(C)(C)Cc2nc(N)sc21. The zero-order chi connectivity index (χ0) is 11.8. The fourth-order valence-corrected chi connectivity index (χ4v) is 3.36. The molecule has 0 fully saturated rings. The lowest BCUT2D eigenvalue weighted by atomic mass is 9.76. The molecule has 0 saturated carbocycles. The zero-order valence-corrected chi connectivity index (χ0v) is 11.2. The van der Waals surface area contributed by atoms with Crippen LogP contribution in [-0.4, -0.2) is 11.5 Å². The number of hydrogen-bond donors (Lipinski definition) is 2. The highest BCUT2D eigenvalue weighted by molar-refractivity contribution is 7.15. The fraction of sp³-hybridized carbons (Fsp3) is 0.750. The van der Waals surface area contributed by atoms with Crippen molar-refractivity contribution in [1.82, 2.24) is 10.3 Å². The lowest BCUT2D eigenvalue weighted by molar-refractivity contribution is 0.258. The molecule has 0 saturated heterocycles. The molecule has 0 radical (unpaired) electrons. The highest BCUT2D eigenvalue weighted by atomic mass is 32.1. The molecule has 0 aromatic carbocycles. The van der Waals surface area contributed by atoms with Gasteiger partial charge in [-0.05, 0) is 31.2 Å². The highest BCUT2D eigenvalue weighted by Crippen LogP contribution is 2.43. The second-order valence-corrected chi connectivity index (χ2v) is 6.48. The van der Waals surface area contributed by atoms with Crippen LogP contribution < -0.4 is 11.1 Å². The first kappa shape index (κ1) is 11.9. The molecule has 1 aliphatic rings. The monoisotopic (exact) mass is 239 g/mol. The molecule has 2 rings (SSSR count). The van der Waals surface area contributed by atoms with Gasteiger partial charge in [-0.15, -0.1) is 11.3 Å². The topological polar surface area (TPSA) is 50.9 Å². The van der Waals surface area contributed by atoms with Crippen LogP contribution in [0.25, 0.3) is 0 Å². The third-order valence-corrected chi connectivity index (χ3v) is 4.14. The van der Waals surface area contributed by atoms with Gasteiger partial charge in [0.25, 0.3) is 0 Å². The molecule has 1 unspecified atom stereocenters. The number of rotatable bonds is 3. The van der Waals surface area contributed by atoms with Gasteiger partial charge in [0.2, 0.25) is 0 Å². The van der Waals surface area contributed by atoms with Crippen LogP contribution in [0.2, 0.25) is 0 Å². The maximum absolute atomic E-state index is 5.82. The van der Waals surface area contributed by atoms with Crippen molar-refractivity contribution in [2.75, 3.05) is 12.3 Å². The van der Waals surface area contributed by atoms with E-state index in [2.05, 4.69) is 31.1 Å². The van der Waals surface area contributed by atoms with Gasteiger partial charge >= 0.3 is 0 Å². The smallest absolute Gasteiger partial charge is 0.180 e. The van der Waals surface area contributed by atoms with Crippen molar-refractivity contribution >= 4 is 16.5 Å². The Bertz CT molecular complexity index is 370. The quantitative estimate of drug-likeness (QED) is 0.852. The number of nitrogens with zero attached hydrogens (tertiary/aromatic N) is 1. The number of fused-ring (bicyclic) bond motifs is 1. The molecular formula is C12H21N3S. The molecule has 1 heterocycles. The van der Waals surface area contributed by atoms with Gasteiger partial charge < -0.3 is 11.1 Å². The standard InChI is InChI=1S/C12H21N3S/c1-4-5-14-8-6-12(2,3)7-9-10(8)16-11(13)15-9/h8,14H,4-7H2,1-3H3,(H2,13,15). The maximum atomic E-state index is 5.82. The molecule has 0 aliphatic heterocycles. The molecule has 0 bridgehead atoms. The summed E-state index contributed by atoms with van der Waals surface area (Å²) in [7, 11) is 0. The first-order valence-corrected chi connectivity index (χ1v) is 6.82. The minimum Gasteiger partial charge on any atom is -0.375 e. The van der Waals surface area contributed by atoms with Crippen molar-refractivity contribution in [3.8, 4) is 0 Å². The molecular weight excluding hydrogens is 218 g/mol. The van der Waals surface area contributed by atoms with Crippen LogP contribution in [0.4, 0.5) is 5.13 Å². The van der Waals surface area contributed by atoms with Crippen molar-refractivity contribution in [2.45, 2.75) is 46.1 Å². The lowest BCUT2D eigenvalue weighted by Crippen LogP contribution is -2.33. The predicted molar refractivity (Wildman–Crippen MR) is 69.7 cm³/mol. The number of nitrogens with two attached hydrogens (primary N) is 1. The van der Waals surface area contributed by atoms with Crippen molar-refractivity contribution in [2.24, 2.45) is 5.41 Å². The number of hydrogen-bond acceptors (Lipinski definition) is 4. The van der Waals surface area contributed by atoms with E-state index in [-0.39, 0.29) is 0 Å².